The summed E-state index contributed by atoms with van der Waals surface area (Å²) in [6, 6.07) is 4.17. The Morgan fingerprint density at radius 2 is 1.74 bits per heavy atom. The van der Waals surface area contributed by atoms with Gasteiger partial charge < -0.3 is 20.4 Å². The van der Waals surface area contributed by atoms with Gasteiger partial charge in [0.1, 0.15) is 18.1 Å². The average molecular weight is 608 g/mol. The van der Waals surface area contributed by atoms with E-state index in [-0.39, 0.29) is 25.3 Å². The minimum Gasteiger partial charge on any atom is -0.339 e. The van der Waals surface area contributed by atoms with E-state index in [0.717, 1.165) is 23.8 Å². The normalized spacial score (nSPS) is 21.9. The average Bonchev–Trinajstić information content (AvgIpc) is 3.42. The van der Waals surface area contributed by atoms with Gasteiger partial charge in [-0.1, -0.05) is 32.0 Å². The van der Waals surface area contributed by atoms with Gasteiger partial charge >= 0.3 is 18.0 Å². The molecule has 0 aromatic heterocycles. The summed E-state index contributed by atoms with van der Waals surface area (Å²) in [4.78, 5) is 53.6. The number of para-hydroxylation sites is 1. The number of rotatable bonds is 8. The first-order valence-corrected chi connectivity index (χ1v) is 12.7. The Kier molecular flexibility index (Phi) is 8.59. The highest BCUT2D eigenvalue weighted by molar-refractivity contribution is 6.07. The Morgan fingerprint density at radius 3 is 2.29 bits per heavy atom. The molecule has 1 spiro atoms. The fourth-order valence-electron chi connectivity index (χ4n) is 5.18. The number of fused-ring (bicyclic) bond motifs is 2. The molecule has 2 heterocycles. The lowest BCUT2D eigenvalue weighted by atomic mass is 9.80. The van der Waals surface area contributed by atoms with Crippen LogP contribution in [0.3, 0.4) is 0 Å². The lowest BCUT2D eigenvalue weighted by molar-refractivity contribution is -0.344. The van der Waals surface area contributed by atoms with Crippen LogP contribution in [-0.2, 0) is 24.6 Å². The summed E-state index contributed by atoms with van der Waals surface area (Å²) < 4.78 is 91.7. The molecule has 16 heteroatoms. The molecule has 3 rings (SSSR count). The highest BCUT2D eigenvalue weighted by Gasteiger charge is 2.76. The topological polar surface area (TPSA) is 123 Å². The number of likely N-dealkylation sites (tertiary alicyclic amines) is 1. The molecule has 1 fully saturated rings. The molecular weight excluding hydrogens is 579 g/mol. The third kappa shape index (κ3) is 5.36. The van der Waals surface area contributed by atoms with Crippen LogP contribution in [0.25, 0.3) is 0 Å². The molecule has 0 radical (unpaired) electrons. The maximum atomic E-state index is 13.8. The lowest BCUT2D eigenvalue weighted by Gasteiger charge is -2.35. The Morgan fingerprint density at radius 1 is 1.14 bits per heavy atom. The molecular formula is C26H28F7N5O4. The summed E-state index contributed by atoms with van der Waals surface area (Å²) in [6.45, 7) is 3.90. The maximum Gasteiger partial charge on any atom is 0.460 e. The first-order valence-electron chi connectivity index (χ1n) is 12.7. The van der Waals surface area contributed by atoms with Crippen molar-refractivity contribution in [3.8, 4) is 6.07 Å². The van der Waals surface area contributed by atoms with Crippen LogP contribution in [0.1, 0.15) is 39.2 Å². The summed E-state index contributed by atoms with van der Waals surface area (Å²) >= 11 is 0. The fourth-order valence-corrected chi connectivity index (χ4v) is 5.18. The summed E-state index contributed by atoms with van der Waals surface area (Å²) in [5.74, 6) is -18.8. The van der Waals surface area contributed by atoms with Gasteiger partial charge in [-0.25, -0.2) is 0 Å². The minimum absolute atomic E-state index is 0.0471. The van der Waals surface area contributed by atoms with Gasteiger partial charge in [0.05, 0.1) is 11.5 Å². The molecule has 42 heavy (non-hydrogen) atoms. The van der Waals surface area contributed by atoms with Gasteiger partial charge in [-0.3, -0.25) is 19.2 Å². The van der Waals surface area contributed by atoms with Gasteiger partial charge in [0.15, 0.2) is 0 Å². The summed E-state index contributed by atoms with van der Waals surface area (Å²) in [6.07, 6.45) is -6.86. The quantitative estimate of drug-likeness (QED) is 0.440. The second kappa shape index (κ2) is 11.1. The maximum absolute atomic E-state index is 13.8. The number of alkyl halides is 7. The van der Waals surface area contributed by atoms with E-state index in [9.17, 15) is 55.2 Å². The zero-order valence-electron chi connectivity index (χ0n) is 22.9. The molecule has 2 N–H and O–H groups in total. The van der Waals surface area contributed by atoms with Gasteiger partial charge in [-0.2, -0.15) is 36.0 Å². The number of amides is 4. The van der Waals surface area contributed by atoms with Crippen LogP contribution in [-0.4, -0.2) is 83.2 Å². The predicted octanol–water partition coefficient (Wildman–Crippen LogP) is 3.21. The molecule has 0 unspecified atom stereocenters. The Balaban J connectivity index is 1.85. The van der Waals surface area contributed by atoms with Crippen molar-refractivity contribution in [2.24, 2.45) is 5.92 Å². The van der Waals surface area contributed by atoms with Crippen LogP contribution in [0.5, 0.6) is 0 Å². The first-order chi connectivity index (χ1) is 19.2. The molecule has 0 bridgehead atoms. The van der Waals surface area contributed by atoms with Crippen LogP contribution in [0, 0.1) is 17.2 Å². The smallest absolute Gasteiger partial charge is 0.339 e. The fraction of sp³-hybridized carbons (Fsp3) is 0.577. The van der Waals surface area contributed by atoms with E-state index < -0.39 is 65.2 Å². The molecule has 0 saturated carbocycles. The number of nitrogens with zero attached hydrogens (tertiary/aromatic N) is 3. The van der Waals surface area contributed by atoms with Gasteiger partial charge in [0.25, 0.3) is 5.91 Å². The van der Waals surface area contributed by atoms with Crippen molar-refractivity contribution in [2.45, 2.75) is 75.2 Å². The Labute approximate surface area is 236 Å². The van der Waals surface area contributed by atoms with Gasteiger partial charge in [0.2, 0.25) is 17.7 Å². The molecule has 1 saturated heterocycles. The molecule has 0 aliphatic carbocycles. The van der Waals surface area contributed by atoms with E-state index in [2.05, 4.69) is 5.32 Å². The highest BCUT2D eigenvalue weighted by atomic mass is 19.4. The molecule has 1 aromatic carbocycles. The zero-order valence-corrected chi connectivity index (χ0v) is 22.9. The van der Waals surface area contributed by atoms with Crippen molar-refractivity contribution in [3.05, 3.63) is 29.8 Å². The van der Waals surface area contributed by atoms with Crippen LogP contribution in [0.15, 0.2) is 24.3 Å². The third-order valence-corrected chi connectivity index (χ3v) is 7.46. The van der Waals surface area contributed by atoms with Crippen LogP contribution < -0.4 is 10.6 Å². The number of carbonyl (C=O) groups is 4. The summed E-state index contributed by atoms with van der Waals surface area (Å²) in [7, 11) is 1.06. The zero-order chi connectivity index (χ0) is 32.0. The van der Waals surface area contributed by atoms with Crippen molar-refractivity contribution in [3.63, 3.8) is 0 Å². The number of anilines is 1. The minimum atomic E-state index is -6.76. The Hall–Kier alpha value is -3.90. The molecule has 1 aromatic rings. The second-order valence-corrected chi connectivity index (χ2v) is 10.8. The number of benzene rings is 1. The van der Waals surface area contributed by atoms with Crippen molar-refractivity contribution in [1.82, 2.24) is 15.1 Å². The third-order valence-electron chi connectivity index (χ3n) is 7.46. The lowest BCUT2D eigenvalue weighted by Crippen LogP contribution is -2.62. The molecule has 230 valence electrons. The number of carbonyl (C=O) groups excluding carboxylic acids is 4. The van der Waals surface area contributed by atoms with Crippen LogP contribution in [0.2, 0.25) is 0 Å². The van der Waals surface area contributed by atoms with E-state index in [1.807, 2.05) is 6.07 Å². The second-order valence-electron chi connectivity index (χ2n) is 10.8. The number of nitriles is 1. The summed E-state index contributed by atoms with van der Waals surface area (Å²) in [5, 5.41) is 13.8. The number of nitrogens with one attached hydrogen (secondary N) is 2. The molecule has 4 amide bonds. The molecule has 4 atom stereocenters. The van der Waals surface area contributed by atoms with E-state index in [1.165, 1.54) is 5.32 Å². The Bertz CT molecular complexity index is 1310. The number of halogens is 7. The molecule has 2 aliphatic heterocycles. The van der Waals surface area contributed by atoms with Crippen molar-refractivity contribution in [1.29, 1.82) is 5.26 Å². The van der Waals surface area contributed by atoms with Crippen molar-refractivity contribution < 1.29 is 49.9 Å². The van der Waals surface area contributed by atoms with Gasteiger partial charge in [-0.15, -0.1) is 0 Å². The standard InChI is InChI=1S/C26H28F7N5O4/c1-13(2)9-18(37(4)19(39)14(3)35-22(42)24(27,28)25(29,30)26(31,32)33)20(40)38-12-23(10-15(38)11-34)16-7-5-6-8-17(16)36-21(23)41/h5-8,13-15,18H,9-10,12H2,1-4H3,(H,35,42)(H,36,41)/t14-,15-,18-,23-/m0/s1. The van der Waals surface area contributed by atoms with Gasteiger partial charge in [0, 0.05) is 25.7 Å². The van der Waals surface area contributed by atoms with E-state index in [4.69, 9.17) is 0 Å². The molecule has 9 nitrogen and oxygen atoms in total. The van der Waals surface area contributed by atoms with E-state index in [1.54, 1.807) is 38.1 Å². The van der Waals surface area contributed by atoms with E-state index >= 15 is 0 Å². The highest BCUT2D eigenvalue weighted by Crippen LogP contribution is 2.47. The van der Waals surface area contributed by atoms with Crippen LogP contribution >= 0.6 is 0 Å². The number of hydrogen-bond donors (Lipinski definition) is 2. The monoisotopic (exact) mass is 607 g/mol. The van der Waals surface area contributed by atoms with Crippen LogP contribution in [0.4, 0.5) is 36.4 Å². The number of hydrogen-bond acceptors (Lipinski definition) is 5. The first kappa shape index (κ1) is 32.6. The number of likely N-dealkylation sites (N-methyl/N-ethyl adjacent to an activating group) is 1. The van der Waals surface area contributed by atoms with Crippen molar-refractivity contribution in [2.75, 3.05) is 18.9 Å². The van der Waals surface area contributed by atoms with E-state index in [0.29, 0.717) is 11.3 Å². The van der Waals surface area contributed by atoms with Crippen molar-refractivity contribution >= 4 is 29.3 Å². The summed E-state index contributed by atoms with van der Waals surface area (Å²) in [5.41, 5.74) is -0.172. The SMILES string of the molecule is CC(C)C[C@@H](C(=O)N1C[C@]2(C[C@H]1C#N)C(=O)Nc1ccccc12)N(C)C(=O)[C@H](C)NC(=O)C(F)(F)C(F)(F)C(F)(F)F. The predicted molar refractivity (Wildman–Crippen MR) is 132 cm³/mol. The molecule has 2 aliphatic rings. The van der Waals surface area contributed by atoms with Gasteiger partial charge in [-0.05, 0) is 30.9 Å². The largest absolute Gasteiger partial charge is 0.460 e.